The summed E-state index contributed by atoms with van der Waals surface area (Å²) in [6.07, 6.45) is 5.40. The number of hydrogen-bond donors (Lipinski definition) is 1. The van der Waals surface area contributed by atoms with Crippen LogP contribution in [-0.4, -0.2) is 50.5 Å². The number of benzene rings is 1. The predicted octanol–water partition coefficient (Wildman–Crippen LogP) is 3.89. The smallest absolute Gasteiger partial charge is 0.251 e. The maximum Gasteiger partial charge on any atom is 0.251 e. The third kappa shape index (κ3) is 5.15. The first kappa shape index (κ1) is 21.5. The molecule has 0 spiro atoms. The van der Waals surface area contributed by atoms with Gasteiger partial charge in [0.1, 0.15) is 11.6 Å². The third-order valence-corrected chi connectivity index (χ3v) is 6.01. The molecule has 1 saturated heterocycles. The van der Waals surface area contributed by atoms with E-state index in [0.717, 1.165) is 35.1 Å². The number of rotatable bonds is 7. The summed E-state index contributed by atoms with van der Waals surface area (Å²) < 4.78 is 15.2. The Morgan fingerprint density at radius 1 is 1.23 bits per heavy atom. The molecule has 3 heterocycles. The molecule has 3 aromatic rings. The van der Waals surface area contributed by atoms with Gasteiger partial charge >= 0.3 is 0 Å². The van der Waals surface area contributed by atoms with E-state index in [1.807, 2.05) is 6.20 Å². The second kappa shape index (κ2) is 9.64. The van der Waals surface area contributed by atoms with Gasteiger partial charge in [-0.25, -0.2) is 19.0 Å². The predicted molar refractivity (Wildman–Crippen MR) is 121 cm³/mol. The summed E-state index contributed by atoms with van der Waals surface area (Å²) in [5.41, 5.74) is 1.08. The zero-order chi connectivity index (χ0) is 21.8. The highest BCUT2D eigenvalue weighted by Gasteiger charge is 2.20. The lowest BCUT2D eigenvalue weighted by Crippen LogP contribution is -2.30. The van der Waals surface area contributed by atoms with Gasteiger partial charge in [-0.05, 0) is 37.5 Å². The molecular formula is C22H27FN6OS. The summed E-state index contributed by atoms with van der Waals surface area (Å²) in [6.45, 7) is 7.06. The summed E-state index contributed by atoms with van der Waals surface area (Å²) in [5.74, 6) is 0.210. The molecule has 1 fully saturated rings. The summed E-state index contributed by atoms with van der Waals surface area (Å²) in [5, 5.41) is 9.40. The lowest BCUT2D eigenvalue weighted by molar-refractivity contribution is 0.0951. The maximum atomic E-state index is 13.4. The molecule has 164 valence electrons. The Hall–Kier alpha value is -2.68. The normalized spacial score (nSPS) is 14.4. The Morgan fingerprint density at radius 2 is 2.03 bits per heavy atom. The molecule has 9 heteroatoms. The fraction of sp³-hybridized carbons (Fsp3) is 0.455. The van der Waals surface area contributed by atoms with Crippen molar-refractivity contribution in [2.45, 2.75) is 50.1 Å². The monoisotopic (exact) mass is 442 g/mol. The van der Waals surface area contributed by atoms with Crippen molar-refractivity contribution in [3.63, 3.8) is 0 Å². The lowest BCUT2D eigenvalue weighted by Gasteiger charge is -2.28. The highest BCUT2D eigenvalue weighted by molar-refractivity contribution is 7.99. The average Bonchev–Trinajstić information content (AvgIpc) is 3.16. The average molecular weight is 443 g/mol. The van der Waals surface area contributed by atoms with Gasteiger partial charge in [-0.1, -0.05) is 31.7 Å². The number of carbonyl (C=O) groups excluding carboxylic acids is 1. The molecule has 0 radical (unpaired) electrons. The molecule has 1 aromatic carbocycles. The van der Waals surface area contributed by atoms with Crippen LogP contribution in [0.2, 0.25) is 0 Å². The van der Waals surface area contributed by atoms with Crippen LogP contribution in [0.3, 0.4) is 0 Å². The van der Waals surface area contributed by atoms with Crippen molar-refractivity contribution in [3.05, 3.63) is 41.8 Å². The van der Waals surface area contributed by atoms with Crippen LogP contribution in [0.1, 0.15) is 43.5 Å². The van der Waals surface area contributed by atoms with Crippen molar-refractivity contribution in [2.75, 3.05) is 24.5 Å². The number of carbonyl (C=O) groups is 1. The van der Waals surface area contributed by atoms with E-state index in [9.17, 15) is 9.18 Å². The molecule has 1 amide bonds. The molecule has 0 unspecified atom stereocenters. The minimum atomic E-state index is -0.428. The molecule has 1 aliphatic heterocycles. The van der Waals surface area contributed by atoms with Gasteiger partial charge in [0.05, 0.1) is 18.1 Å². The van der Waals surface area contributed by atoms with Gasteiger partial charge < -0.3 is 10.2 Å². The van der Waals surface area contributed by atoms with Gasteiger partial charge in [0.15, 0.2) is 10.8 Å². The van der Waals surface area contributed by atoms with Crippen LogP contribution in [0.4, 0.5) is 10.2 Å². The minimum absolute atomic E-state index is 0.302. The highest BCUT2D eigenvalue weighted by atomic mass is 32.2. The SMILES string of the molecule is CC(C)Sc1nc(N2CCCCC2)c2cnn(CCNC(=O)c3cccc(F)c3)c2n1. The molecule has 7 nitrogen and oxygen atoms in total. The van der Waals surface area contributed by atoms with E-state index in [2.05, 4.69) is 29.2 Å². The number of nitrogens with zero attached hydrogens (tertiary/aromatic N) is 5. The molecule has 0 bridgehead atoms. The molecule has 0 aliphatic carbocycles. The fourth-order valence-corrected chi connectivity index (χ4v) is 4.40. The zero-order valence-corrected chi connectivity index (χ0v) is 18.7. The Morgan fingerprint density at radius 3 is 2.77 bits per heavy atom. The molecule has 1 aliphatic rings. The van der Waals surface area contributed by atoms with Gasteiger partial charge in [0, 0.05) is 30.4 Å². The van der Waals surface area contributed by atoms with Crippen LogP contribution in [0, 0.1) is 5.82 Å². The van der Waals surface area contributed by atoms with E-state index in [1.54, 1.807) is 22.5 Å². The number of nitrogens with one attached hydrogen (secondary N) is 1. The van der Waals surface area contributed by atoms with Crippen molar-refractivity contribution in [1.82, 2.24) is 25.1 Å². The lowest BCUT2D eigenvalue weighted by atomic mass is 10.1. The maximum absolute atomic E-state index is 13.4. The van der Waals surface area contributed by atoms with Gasteiger partial charge in [0.25, 0.3) is 5.91 Å². The van der Waals surface area contributed by atoms with Crippen molar-refractivity contribution < 1.29 is 9.18 Å². The van der Waals surface area contributed by atoms with Crippen molar-refractivity contribution in [3.8, 4) is 0 Å². The van der Waals surface area contributed by atoms with Gasteiger partial charge in [-0.2, -0.15) is 5.10 Å². The summed E-state index contributed by atoms with van der Waals surface area (Å²) >= 11 is 1.64. The first-order valence-corrected chi connectivity index (χ1v) is 11.6. The molecule has 0 saturated carbocycles. The minimum Gasteiger partial charge on any atom is -0.356 e. The van der Waals surface area contributed by atoms with Crippen LogP contribution in [0.5, 0.6) is 0 Å². The molecule has 1 N–H and O–H groups in total. The van der Waals surface area contributed by atoms with E-state index in [4.69, 9.17) is 9.97 Å². The van der Waals surface area contributed by atoms with Crippen LogP contribution in [0.25, 0.3) is 11.0 Å². The van der Waals surface area contributed by atoms with Crippen molar-refractivity contribution in [2.24, 2.45) is 0 Å². The number of hydrogen-bond acceptors (Lipinski definition) is 6. The van der Waals surface area contributed by atoms with Crippen LogP contribution < -0.4 is 10.2 Å². The van der Waals surface area contributed by atoms with E-state index >= 15 is 0 Å². The number of aromatic nitrogens is 4. The second-order valence-electron chi connectivity index (χ2n) is 7.92. The second-order valence-corrected chi connectivity index (χ2v) is 9.46. The van der Waals surface area contributed by atoms with Gasteiger partial charge in [-0.3, -0.25) is 4.79 Å². The third-order valence-electron chi connectivity index (χ3n) is 5.15. The number of amides is 1. The molecular weight excluding hydrogens is 415 g/mol. The Kier molecular flexibility index (Phi) is 6.70. The van der Waals surface area contributed by atoms with E-state index < -0.39 is 5.82 Å². The molecule has 4 rings (SSSR count). The van der Waals surface area contributed by atoms with E-state index in [1.165, 1.54) is 37.5 Å². The Balaban J connectivity index is 1.54. The number of fused-ring (bicyclic) bond motifs is 1. The molecule has 31 heavy (non-hydrogen) atoms. The van der Waals surface area contributed by atoms with Gasteiger partial charge in [-0.15, -0.1) is 0 Å². The molecule has 2 aromatic heterocycles. The van der Waals surface area contributed by atoms with Gasteiger partial charge in [0.2, 0.25) is 0 Å². The quantitative estimate of drug-likeness (QED) is 0.442. The number of anilines is 1. The van der Waals surface area contributed by atoms with Crippen molar-refractivity contribution in [1.29, 1.82) is 0 Å². The van der Waals surface area contributed by atoms with Crippen molar-refractivity contribution >= 4 is 34.5 Å². The van der Waals surface area contributed by atoms with E-state index in [-0.39, 0.29) is 5.91 Å². The largest absolute Gasteiger partial charge is 0.356 e. The summed E-state index contributed by atoms with van der Waals surface area (Å²) in [6, 6.07) is 5.67. The Labute approximate surface area is 185 Å². The van der Waals surface area contributed by atoms with Crippen LogP contribution in [-0.2, 0) is 6.54 Å². The van der Waals surface area contributed by atoms with E-state index in [0.29, 0.717) is 23.9 Å². The Bertz CT molecular complexity index is 1060. The number of piperidine rings is 1. The molecule has 0 atom stereocenters. The van der Waals surface area contributed by atoms with Crippen LogP contribution in [0.15, 0.2) is 35.6 Å². The standard InChI is InChI=1S/C22H27FN6OS/c1-15(2)31-22-26-19(28-10-4-3-5-11-28)18-14-25-29(20(18)27-22)12-9-24-21(30)16-7-6-8-17(23)13-16/h6-8,13-15H,3-5,9-12H2,1-2H3,(H,24,30). The topological polar surface area (TPSA) is 75.9 Å². The first-order chi connectivity index (χ1) is 15.0. The zero-order valence-electron chi connectivity index (χ0n) is 17.8. The fourth-order valence-electron chi connectivity index (χ4n) is 3.70. The van der Waals surface area contributed by atoms with Crippen LogP contribution >= 0.6 is 11.8 Å². The number of thioether (sulfide) groups is 1. The summed E-state index contributed by atoms with van der Waals surface area (Å²) in [4.78, 5) is 24.2. The summed E-state index contributed by atoms with van der Waals surface area (Å²) in [7, 11) is 0. The highest BCUT2D eigenvalue weighted by Crippen LogP contribution is 2.30. The number of halogens is 1. The first-order valence-electron chi connectivity index (χ1n) is 10.7.